The zero-order chi connectivity index (χ0) is 13.8. The lowest BCUT2D eigenvalue weighted by molar-refractivity contribution is 0.143. The van der Waals surface area contributed by atoms with Crippen LogP contribution in [-0.4, -0.2) is 42.0 Å². The van der Waals surface area contributed by atoms with Gasteiger partial charge in [-0.25, -0.2) is 0 Å². The fraction of sp³-hybridized carbons (Fsp3) is 0.500. The van der Waals surface area contributed by atoms with Crippen LogP contribution in [0, 0.1) is 5.92 Å². The smallest absolute Gasteiger partial charge is 0.208 e. The first kappa shape index (κ1) is 13.5. The van der Waals surface area contributed by atoms with E-state index in [0.29, 0.717) is 5.92 Å². The van der Waals surface area contributed by atoms with Crippen LogP contribution in [0.4, 0.5) is 5.13 Å². The highest BCUT2D eigenvalue weighted by molar-refractivity contribution is 7.18. The Balaban J connectivity index is 1.73. The van der Waals surface area contributed by atoms with E-state index in [1.54, 1.807) is 24.6 Å². The van der Waals surface area contributed by atoms with Crippen LogP contribution in [0.2, 0.25) is 0 Å². The summed E-state index contributed by atoms with van der Waals surface area (Å²) in [4.78, 5) is 6.64. The third-order valence-electron chi connectivity index (χ3n) is 3.49. The summed E-state index contributed by atoms with van der Waals surface area (Å²) in [6, 6.07) is 5.85. The van der Waals surface area contributed by atoms with Gasteiger partial charge in [0, 0.05) is 26.4 Å². The lowest BCUT2D eigenvalue weighted by atomic mass is 9.99. The Morgan fingerprint density at radius 1 is 1.40 bits per heavy atom. The zero-order valence-electron chi connectivity index (χ0n) is 11.5. The second-order valence-corrected chi connectivity index (χ2v) is 5.97. The van der Waals surface area contributed by atoms with Crippen molar-refractivity contribution in [3.63, 3.8) is 0 Å². The number of hydrogen-bond donors (Lipinski definition) is 0. The molecular weight excluding hydrogens is 272 g/mol. The van der Waals surface area contributed by atoms with Crippen molar-refractivity contribution in [2.75, 3.05) is 31.7 Å². The van der Waals surface area contributed by atoms with Crippen molar-refractivity contribution in [3.8, 4) is 10.7 Å². The van der Waals surface area contributed by atoms with Crippen LogP contribution in [-0.2, 0) is 4.74 Å². The molecular formula is C14H18N4OS. The number of rotatable bonds is 4. The molecule has 0 amide bonds. The predicted octanol–water partition coefficient (Wildman–Crippen LogP) is 2.46. The average Bonchev–Trinajstić information content (AvgIpc) is 2.99. The number of aromatic nitrogens is 3. The van der Waals surface area contributed by atoms with Gasteiger partial charge in [0.2, 0.25) is 5.13 Å². The summed E-state index contributed by atoms with van der Waals surface area (Å²) in [6.45, 7) is 2.88. The van der Waals surface area contributed by atoms with Gasteiger partial charge >= 0.3 is 0 Å². The molecule has 3 rings (SSSR count). The summed E-state index contributed by atoms with van der Waals surface area (Å²) in [6.07, 6.45) is 4.20. The molecule has 1 fully saturated rings. The quantitative estimate of drug-likeness (QED) is 0.866. The SMILES string of the molecule is COCC1CCCN(c2nnc(-c3ccccn3)s2)C1. The largest absolute Gasteiger partial charge is 0.384 e. The van der Waals surface area contributed by atoms with Gasteiger partial charge in [-0.15, -0.1) is 10.2 Å². The number of anilines is 1. The van der Waals surface area contributed by atoms with E-state index in [1.807, 2.05) is 18.2 Å². The van der Waals surface area contributed by atoms with Crippen LogP contribution in [0.5, 0.6) is 0 Å². The van der Waals surface area contributed by atoms with Crippen molar-refractivity contribution < 1.29 is 4.74 Å². The molecule has 0 spiro atoms. The third-order valence-corrected chi connectivity index (χ3v) is 4.50. The highest BCUT2D eigenvalue weighted by atomic mass is 32.1. The van der Waals surface area contributed by atoms with Crippen LogP contribution in [0.25, 0.3) is 10.7 Å². The number of nitrogens with zero attached hydrogens (tertiary/aromatic N) is 4. The summed E-state index contributed by atoms with van der Waals surface area (Å²) in [5.74, 6) is 0.593. The molecule has 0 aromatic carbocycles. The van der Waals surface area contributed by atoms with Crippen LogP contribution in [0.3, 0.4) is 0 Å². The van der Waals surface area contributed by atoms with Gasteiger partial charge < -0.3 is 9.64 Å². The van der Waals surface area contributed by atoms with E-state index in [0.717, 1.165) is 35.5 Å². The van der Waals surface area contributed by atoms with Gasteiger partial charge in [0.1, 0.15) is 5.69 Å². The summed E-state index contributed by atoms with van der Waals surface area (Å²) in [5, 5.41) is 10.5. The standard InChI is InChI=1S/C14H18N4OS/c1-19-10-11-5-4-8-18(9-11)14-17-16-13(20-14)12-6-2-3-7-15-12/h2-3,6-7,11H,4-5,8-10H2,1H3. The van der Waals surface area contributed by atoms with E-state index in [9.17, 15) is 0 Å². The maximum Gasteiger partial charge on any atom is 0.208 e. The van der Waals surface area contributed by atoms with Gasteiger partial charge in [-0.3, -0.25) is 4.98 Å². The summed E-state index contributed by atoms with van der Waals surface area (Å²) < 4.78 is 5.27. The van der Waals surface area contributed by atoms with Gasteiger partial charge in [-0.05, 0) is 30.9 Å². The minimum absolute atomic E-state index is 0.593. The fourth-order valence-electron chi connectivity index (χ4n) is 2.55. The molecule has 2 aromatic rings. The van der Waals surface area contributed by atoms with Crippen LogP contribution in [0.1, 0.15) is 12.8 Å². The molecule has 1 saturated heterocycles. The maximum absolute atomic E-state index is 5.27. The Kier molecular flexibility index (Phi) is 4.22. The predicted molar refractivity (Wildman–Crippen MR) is 80.0 cm³/mol. The van der Waals surface area contributed by atoms with Crippen molar-refractivity contribution in [1.29, 1.82) is 0 Å². The Morgan fingerprint density at radius 3 is 3.15 bits per heavy atom. The molecule has 106 valence electrons. The van der Waals surface area contributed by atoms with Crippen LogP contribution >= 0.6 is 11.3 Å². The zero-order valence-corrected chi connectivity index (χ0v) is 12.3. The number of pyridine rings is 1. The second-order valence-electron chi connectivity index (χ2n) is 5.01. The van der Waals surface area contributed by atoms with Crippen molar-refractivity contribution in [2.45, 2.75) is 12.8 Å². The summed E-state index contributed by atoms with van der Waals surface area (Å²) in [7, 11) is 1.77. The lowest BCUT2D eigenvalue weighted by Crippen LogP contribution is -2.37. The van der Waals surface area contributed by atoms with Crippen LogP contribution < -0.4 is 4.90 Å². The van der Waals surface area contributed by atoms with E-state index in [-0.39, 0.29) is 0 Å². The molecule has 0 bridgehead atoms. The molecule has 20 heavy (non-hydrogen) atoms. The Labute approximate surface area is 122 Å². The molecule has 0 saturated carbocycles. The van der Waals surface area contributed by atoms with Gasteiger partial charge in [0.15, 0.2) is 5.01 Å². The van der Waals surface area contributed by atoms with E-state index >= 15 is 0 Å². The average molecular weight is 290 g/mol. The fourth-order valence-corrected chi connectivity index (χ4v) is 3.40. The molecule has 5 nitrogen and oxygen atoms in total. The summed E-state index contributed by atoms with van der Waals surface area (Å²) in [5.41, 5.74) is 0.890. The molecule has 1 unspecified atom stereocenters. The van der Waals surface area contributed by atoms with E-state index in [2.05, 4.69) is 20.1 Å². The van der Waals surface area contributed by atoms with Gasteiger partial charge in [0.05, 0.1) is 6.61 Å². The first-order chi connectivity index (χ1) is 9.86. The van der Waals surface area contributed by atoms with Gasteiger partial charge in [-0.2, -0.15) is 0 Å². The first-order valence-electron chi connectivity index (χ1n) is 6.85. The molecule has 1 atom stereocenters. The topological polar surface area (TPSA) is 51.1 Å². The van der Waals surface area contributed by atoms with Crippen molar-refractivity contribution in [3.05, 3.63) is 24.4 Å². The molecule has 1 aliphatic heterocycles. The minimum atomic E-state index is 0.593. The minimum Gasteiger partial charge on any atom is -0.384 e. The summed E-state index contributed by atoms with van der Waals surface area (Å²) >= 11 is 1.61. The van der Waals surface area contributed by atoms with Crippen molar-refractivity contribution >= 4 is 16.5 Å². The molecule has 1 aliphatic rings. The number of ether oxygens (including phenoxy) is 1. The molecule has 0 aliphatic carbocycles. The second kappa shape index (κ2) is 6.28. The first-order valence-corrected chi connectivity index (χ1v) is 7.67. The van der Waals surface area contributed by atoms with Crippen molar-refractivity contribution in [1.82, 2.24) is 15.2 Å². The number of methoxy groups -OCH3 is 1. The Morgan fingerprint density at radius 2 is 2.35 bits per heavy atom. The van der Waals surface area contributed by atoms with Gasteiger partial charge in [-0.1, -0.05) is 17.4 Å². The van der Waals surface area contributed by atoms with Gasteiger partial charge in [0.25, 0.3) is 0 Å². The number of hydrogen-bond acceptors (Lipinski definition) is 6. The van der Waals surface area contributed by atoms with Crippen molar-refractivity contribution in [2.24, 2.45) is 5.92 Å². The highest BCUT2D eigenvalue weighted by Crippen LogP contribution is 2.30. The molecule has 0 N–H and O–H groups in total. The molecule has 0 radical (unpaired) electrons. The van der Waals surface area contributed by atoms with E-state index in [1.165, 1.54) is 12.8 Å². The lowest BCUT2D eigenvalue weighted by Gasteiger charge is -2.31. The molecule has 6 heteroatoms. The normalized spacial score (nSPS) is 19.2. The van der Waals surface area contributed by atoms with E-state index < -0.39 is 0 Å². The monoisotopic (exact) mass is 290 g/mol. The Bertz CT molecular complexity index is 543. The maximum atomic E-state index is 5.27. The molecule has 2 aromatic heterocycles. The third kappa shape index (κ3) is 2.96. The van der Waals surface area contributed by atoms with E-state index in [4.69, 9.17) is 4.74 Å². The van der Waals surface area contributed by atoms with Crippen LogP contribution in [0.15, 0.2) is 24.4 Å². The number of piperidine rings is 1. The highest BCUT2D eigenvalue weighted by Gasteiger charge is 2.22. The Hall–Kier alpha value is -1.53. The molecule has 3 heterocycles.